The first kappa shape index (κ1) is 14.8. The lowest BCUT2D eigenvalue weighted by Crippen LogP contribution is -2.58. The number of nitrogens with one attached hydrogen (secondary N) is 1. The maximum atomic E-state index is 6.13. The summed E-state index contributed by atoms with van der Waals surface area (Å²) in [5, 5.41) is 8.32. The molecule has 0 saturated carbocycles. The molecule has 1 aromatic carbocycles. The van der Waals surface area contributed by atoms with Crippen molar-refractivity contribution in [3.63, 3.8) is 0 Å². The third-order valence-electron chi connectivity index (χ3n) is 3.42. The van der Waals surface area contributed by atoms with E-state index in [-0.39, 0.29) is 5.60 Å². The number of hydrogen-bond donors (Lipinski definition) is 1. The minimum atomic E-state index is -0.131. The zero-order valence-corrected chi connectivity index (χ0v) is 13.0. The highest BCUT2D eigenvalue weighted by Crippen LogP contribution is 2.23. The quantitative estimate of drug-likeness (QED) is 0.914. The Bertz CT molecular complexity index is 641. The molecule has 21 heavy (non-hydrogen) atoms. The molecular weight excluding hydrogens is 313 g/mol. The topological polar surface area (TPSA) is 60.2 Å². The predicted octanol–water partition coefficient (Wildman–Crippen LogP) is 2.85. The molecule has 112 valence electrons. The Hall–Kier alpha value is -1.14. The lowest BCUT2D eigenvalue weighted by molar-refractivity contribution is -0.0841. The Morgan fingerprint density at radius 3 is 2.86 bits per heavy atom. The van der Waals surface area contributed by atoms with E-state index in [4.69, 9.17) is 32.5 Å². The third-order valence-corrected chi connectivity index (χ3v) is 4.00. The second-order valence-electron chi connectivity index (χ2n) is 5.36. The summed E-state index contributed by atoms with van der Waals surface area (Å²) in [6.07, 6.45) is 0.498. The van der Waals surface area contributed by atoms with Gasteiger partial charge in [0, 0.05) is 29.6 Å². The average Bonchev–Trinajstić information content (AvgIpc) is 2.85. The molecule has 0 unspecified atom stereocenters. The Balaban J connectivity index is 1.62. The SMILES string of the molecule is CC1(OCc2nc(Cc3ccc(Cl)cc3Cl)no2)CNC1. The second kappa shape index (κ2) is 5.93. The van der Waals surface area contributed by atoms with Crippen LogP contribution in [0.4, 0.5) is 0 Å². The highest BCUT2D eigenvalue weighted by Gasteiger charge is 2.33. The summed E-state index contributed by atoms with van der Waals surface area (Å²) in [5.41, 5.74) is 0.776. The molecule has 2 aromatic rings. The van der Waals surface area contributed by atoms with Crippen LogP contribution in [0.3, 0.4) is 0 Å². The van der Waals surface area contributed by atoms with Gasteiger partial charge in [0.1, 0.15) is 6.61 Å². The lowest BCUT2D eigenvalue weighted by Gasteiger charge is -2.38. The fourth-order valence-electron chi connectivity index (χ4n) is 2.07. The summed E-state index contributed by atoms with van der Waals surface area (Å²) in [4.78, 5) is 4.32. The van der Waals surface area contributed by atoms with E-state index in [0.717, 1.165) is 18.7 Å². The summed E-state index contributed by atoms with van der Waals surface area (Å²) in [7, 11) is 0. The van der Waals surface area contributed by atoms with Gasteiger partial charge in [-0.2, -0.15) is 4.98 Å². The average molecular weight is 328 g/mol. The summed E-state index contributed by atoms with van der Waals surface area (Å²) < 4.78 is 10.9. The number of rotatable bonds is 5. The molecule has 7 heteroatoms. The van der Waals surface area contributed by atoms with Gasteiger partial charge in [-0.1, -0.05) is 34.4 Å². The fourth-order valence-corrected chi connectivity index (χ4v) is 2.55. The first-order valence-electron chi connectivity index (χ1n) is 6.64. The van der Waals surface area contributed by atoms with E-state index in [0.29, 0.717) is 34.8 Å². The van der Waals surface area contributed by atoms with Crippen molar-refractivity contribution in [2.24, 2.45) is 0 Å². The molecule has 0 atom stereocenters. The van der Waals surface area contributed by atoms with Crippen LogP contribution in [0, 0.1) is 0 Å². The number of ether oxygens (including phenoxy) is 1. The minimum Gasteiger partial charge on any atom is -0.363 e. The highest BCUT2D eigenvalue weighted by atomic mass is 35.5. The minimum absolute atomic E-state index is 0.131. The van der Waals surface area contributed by atoms with Gasteiger partial charge in [0.05, 0.1) is 5.60 Å². The van der Waals surface area contributed by atoms with Crippen LogP contribution < -0.4 is 5.32 Å². The van der Waals surface area contributed by atoms with Crippen LogP contribution in [-0.4, -0.2) is 28.8 Å². The molecule has 1 aromatic heterocycles. The molecular formula is C14H15Cl2N3O2. The number of aromatic nitrogens is 2. The zero-order valence-electron chi connectivity index (χ0n) is 11.5. The van der Waals surface area contributed by atoms with Crippen LogP contribution in [0.25, 0.3) is 0 Å². The predicted molar refractivity (Wildman–Crippen MR) is 79.6 cm³/mol. The molecule has 0 radical (unpaired) electrons. The number of benzene rings is 1. The van der Waals surface area contributed by atoms with Crippen molar-refractivity contribution >= 4 is 23.2 Å². The van der Waals surface area contributed by atoms with Gasteiger partial charge in [-0.3, -0.25) is 0 Å². The summed E-state index contributed by atoms with van der Waals surface area (Å²) in [6.45, 7) is 4.05. The lowest BCUT2D eigenvalue weighted by atomic mass is 10.0. The molecule has 0 spiro atoms. The van der Waals surface area contributed by atoms with E-state index in [1.165, 1.54) is 0 Å². The van der Waals surface area contributed by atoms with Crippen molar-refractivity contribution in [2.45, 2.75) is 25.6 Å². The summed E-state index contributed by atoms with van der Waals surface area (Å²) in [6, 6.07) is 5.35. The van der Waals surface area contributed by atoms with Crippen LogP contribution in [0.5, 0.6) is 0 Å². The van der Waals surface area contributed by atoms with Gasteiger partial charge in [0.2, 0.25) is 0 Å². The van der Waals surface area contributed by atoms with Gasteiger partial charge in [-0.15, -0.1) is 0 Å². The van der Waals surface area contributed by atoms with Crippen LogP contribution in [0.15, 0.2) is 22.7 Å². The van der Waals surface area contributed by atoms with Gasteiger partial charge in [0.25, 0.3) is 5.89 Å². The fraction of sp³-hybridized carbons (Fsp3) is 0.429. The van der Waals surface area contributed by atoms with Crippen molar-refractivity contribution in [1.29, 1.82) is 0 Å². The Morgan fingerprint density at radius 2 is 2.19 bits per heavy atom. The molecule has 0 bridgehead atoms. The number of nitrogens with zero attached hydrogens (tertiary/aromatic N) is 2. The molecule has 0 amide bonds. The van der Waals surface area contributed by atoms with Crippen LogP contribution in [-0.2, 0) is 17.8 Å². The molecule has 3 rings (SSSR count). The second-order valence-corrected chi connectivity index (χ2v) is 6.20. The van der Waals surface area contributed by atoms with E-state index in [2.05, 4.69) is 15.5 Å². The van der Waals surface area contributed by atoms with Crippen LogP contribution >= 0.6 is 23.2 Å². The molecule has 5 nitrogen and oxygen atoms in total. The normalized spacial score (nSPS) is 16.7. The molecule has 1 N–H and O–H groups in total. The summed E-state index contributed by atoms with van der Waals surface area (Å²) >= 11 is 12.0. The zero-order chi connectivity index (χ0) is 14.9. The maximum Gasteiger partial charge on any atom is 0.252 e. The standard InChI is InChI=1S/C14H15Cl2N3O2/c1-14(7-17-8-14)20-6-13-18-12(19-21-13)4-9-2-3-10(15)5-11(9)16/h2-3,5,17H,4,6-8H2,1H3. The maximum absolute atomic E-state index is 6.13. The van der Waals surface area contributed by atoms with Gasteiger partial charge in [-0.25, -0.2) is 0 Å². The van der Waals surface area contributed by atoms with Gasteiger partial charge < -0.3 is 14.6 Å². The van der Waals surface area contributed by atoms with Gasteiger partial charge in [-0.05, 0) is 24.6 Å². The molecule has 0 aliphatic carbocycles. The van der Waals surface area contributed by atoms with Gasteiger partial charge in [0.15, 0.2) is 5.82 Å². The third kappa shape index (κ3) is 3.55. The molecule has 1 aliphatic rings. The van der Waals surface area contributed by atoms with E-state index in [1.54, 1.807) is 12.1 Å². The largest absolute Gasteiger partial charge is 0.363 e. The molecule has 1 saturated heterocycles. The first-order valence-corrected chi connectivity index (χ1v) is 7.40. The van der Waals surface area contributed by atoms with Crippen molar-refractivity contribution in [1.82, 2.24) is 15.5 Å². The summed E-state index contributed by atoms with van der Waals surface area (Å²) in [5.74, 6) is 1.05. The van der Waals surface area contributed by atoms with Crippen molar-refractivity contribution in [3.8, 4) is 0 Å². The first-order chi connectivity index (χ1) is 10.0. The number of halogens is 2. The molecule has 2 heterocycles. The van der Waals surface area contributed by atoms with E-state index in [1.807, 2.05) is 13.0 Å². The van der Waals surface area contributed by atoms with E-state index < -0.39 is 0 Å². The highest BCUT2D eigenvalue weighted by molar-refractivity contribution is 6.35. The van der Waals surface area contributed by atoms with Crippen molar-refractivity contribution < 1.29 is 9.26 Å². The van der Waals surface area contributed by atoms with Crippen LogP contribution in [0.1, 0.15) is 24.2 Å². The van der Waals surface area contributed by atoms with Crippen LogP contribution in [0.2, 0.25) is 10.0 Å². The molecule has 1 aliphatic heterocycles. The van der Waals surface area contributed by atoms with Crippen molar-refractivity contribution in [2.75, 3.05) is 13.1 Å². The van der Waals surface area contributed by atoms with Gasteiger partial charge >= 0.3 is 0 Å². The van der Waals surface area contributed by atoms with E-state index in [9.17, 15) is 0 Å². The Morgan fingerprint density at radius 1 is 1.38 bits per heavy atom. The molecule has 1 fully saturated rings. The Labute approximate surface area is 132 Å². The van der Waals surface area contributed by atoms with E-state index >= 15 is 0 Å². The smallest absolute Gasteiger partial charge is 0.252 e. The monoisotopic (exact) mass is 327 g/mol. The number of hydrogen-bond acceptors (Lipinski definition) is 5. The Kier molecular flexibility index (Phi) is 4.17. The van der Waals surface area contributed by atoms with Crippen molar-refractivity contribution in [3.05, 3.63) is 45.5 Å².